The highest BCUT2D eigenvalue weighted by Gasteiger charge is 2.30. The number of para-hydroxylation sites is 1. The number of carbonyl (C=O) groups is 2. The summed E-state index contributed by atoms with van der Waals surface area (Å²) in [5, 5.41) is 0. The third-order valence-corrected chi connectivity index (χ3v) is 5.78. The van der Waals surface area contributed by atoms with E-state index in [1.807, 2.05) is 38.1 Å². The van der Waals surface area contributed by atoms with E-state index in [1.54, 1.807) is 11.9 Å². The lowest BCUT2D eigenvalue weighted by Gasteiger charge is -2.23. The molecule has 2 aromatic rings. The van der Waals surface area contributed by atoms with E-state index in [9.17, 15) is 9.59 Å². The van der Waals surface area contributed by atoms with Gasteiger partial charge in [0.05, 0.1) is 0 Å². The fourth-order valence-electron chi connectivity index (χ4n) is 3.92. The third-order valence-electron chi connectivity index (χ3n) is 5.78. The average molecular weight is 394 g/mol. The topological polar surface area (TPSA) is 95.7 Å². The maximum Gasteiger partial charge on any atom is 0.292 e. The first-order chi connectivity index (χ1) is 13.8. The Kier molecular flexibility index (Phi) is 4.96. The molecule has 2 aliphatic rings. The van der Waals surface area contributed by atoms with E-state index in [-0.39, 0.29) is 30.2 Å². The molecular weight excluding hydrogens is 368 g/mol. The number of nitrogens with zero attached hydrogens (tertiary/aromatic N) is 5. The summed E-state index contributed by atoms with van der Waals surface area (Å²) in [4.78, 5) is 40.2. The maximum atomic E-state index is 13.3. The van der Waals surface area contributed by atoms with Gasteiger partial charge in [-0.05, 0) is 31.9 Å². The normalized spacial score (nSPS) is 19.4. The van der Waals surface area contributed by atoms with Crippen LogP contribution >= 0.6 is 0 Å². The molecule has 8 nitrogen and oxygen atoms in total. The van der Waals surface area contributed by atoms with Gasteiger partial charge in [-0.25, -0.2) is 9.97 Å². The van der Waals surface area contributed by atoms with E-state index in [0.717, 1.165) is 41.3 Å². The molecule has 0 unspecified atom stereocenters. The Hall–Kier alpha value is -3.00. The monoisotopic (exact) mass is 394 g/mol. The molecule has 4 rings (SSSR count). The first-order valence-electron chi connectivity index (χ1n) is 9.84. The van der Waals surface area contributed by atoms with Crippen LogP contribution in [-0.4, -0.2) is 59.4 Å². The van der Waals surface area contributed by atoms with E-state index >= 15 is 0 Å². The van der Waals surface area contributed by atoms with Crippen LogP contribution in [0.5, 0.6) is 0 Å². The lowest BCUT2D eigenvalue weighted by molar-refractivity contribution is -0.118. The van der Waals surface area contributed by atoms with Gasteiger partial charge in [-0.2, -0.15) is 0 Å². The van der Waals surface area contributed by atoms with Gasteiger partial charge in [-0.1, -0.05) is 18.2 Å². The Morgan fingerprint density at radius 3 is 2.66 bits per heavy atom. The standard InChI is InChI=1S/C21H26N6O2/c1-13-14(2)23-19(24-20(13)26-9-8-16(22)11-26)21(29)27-10-15-6-4-5-7-17(15)25(3)18(28)12-27/h4-7,16H,8-12,22H2,1-3H3/t16-/m1/s1. The van der Waals surface area contributed by atoms with Crippen LogP contribution in [0.2, 0.25) is 0 Å². The van der Waals surface area contributed by atoms with E-state index in [1.165, 1.54) is 4.90 Å². The van der Waals surface area contributed by atoms with Gasteiger partial charge >= 0.3 is 0 Å². The molecule has 3 heterocycles. The first-order valence-corrected chi connectivity index (χ1v) is 9.84. The number of rotatable bonds is 2. The minimum absolute atomic E-state index is 0.00970. The van der Waals surface area contributed by atoms with Crippen LogP contribution in [0.15, 0.2) is 24.3 Å². The molecule has 1 fully saturated rings. The van der Waals surface area contributed by atoms with Crippen LogP contribution in [0.25, 0.3) is 0 Å². The van der Waals surface area contributed by atoms with Crippen molar-refractivity contribution in [1.82, 2.24) is 14.9 Å². The van der Waals surface area contributed by atoms with Gasteiger partial charge in [0.15, 0.2) is 0 Å². The fourth-order valence-corrected chi connectivity index (χ4v) is 3.92. The molecule has 1 aromatic carbocycles. The van der Waals surface area contributed by atoms with Crippen LogP contribution < -0.4 is 15.5 Å². The van der Waals surface area contributed by atoms with E-state index in [0.29, 0.717) is 13.1 Å². The Morgan fingerprint density at radius 1 is 1.17 bits per heavy atom. The number of amides is 2. The largest absolute Gasteiger partial charge is 0.355 e. The molecule has 2 N–H and O–H groups in total. The van der Waals surface area contributed by atoms with Crippen LogP contribution in [0, 0.1) is 13.8 Å². The number of nitrogens with two attached hydrogens (primary N) is 1. The summed E-state index contributed by atoms with van der Waals surface area (Å²) >= 11 is 0. The fraction of sp³-hybridized carbons (Fsp3) is 0.429. The third kappa shape index (κ3) is 3.55. The van der Waals surface area contributed by atoms with Gasteiger partial charge < -0.3 is 20.4 Å². The van der Waals surface area contributed by atoms with Crippen LogP contribution in [0.4, 0.5) is 11.5 Å². The van der Waals surface area contributed by atoms with Crippen molar-refractivity contribution in [1.29, 1.82) is 0 Å². The van der Waals surface area contributed by atoms with Gasteiger partial charge in [-0.15, -0.1) is 0 Å². The molecular formula is C21H26N6O2. The lowest BCUT2D eigenvalue weighted by atomic mass is 10.1. The summed E-state index contributed by atoms with van der Waals surface area (Å²) in [5.74, 6) is 0.403. The van der Waals surface area contributed by atoms with E-state index in [4.69, 9.17) is 5.73 Å². The lowest BCUT2D eigenvalue weighted by Crippen LogP contribution is -2.39. The minimum Gasteiger partial charge on any atom is -0.355 e. The number of likely N-dealkylation sites (N-methyl/N-ethyl adjacent to an activating group) is 1. The Bertz CT molecular complexity index is 976. The summed E-state index contributed by atoms with van der Waals surface area (Å²) in [6.07, 6.45) is 0.898. The summed E-state index contributed by atoms with van der Waals surface area (Å²) in [6, 6.07) is 7.73. The Labute approximate surface area is 170 Å². The number of aryl methyl sites for hydroxylation is 1. The molecule has 1 saturated heterocycles. The zero-order valence-electron chi connectivity index (χ0n) is 17.1. The highest BCUT2D eigenvalue weighted by Crippen LogP contribution is 2.27. The maximum absolute atomic E-state index is 13.3. The van der Waals surface area contributed by atoms with Crippen molar-refractivity contribution >= 4 is 23.3 Å². The number of hydrogen-bond acceptors (Lipinski definition) is 6. The first kappa shape index (κ1) is 19.3. The summed E-state index contributed by atoms with van der Waals surface area (Å²) in [6.45, 7) is 5.70. The molecule has 0 bridgehead atoms. The van der Waals surface area contributed by atoms with Gasteiger partial charge in [0.25, 0.3) is 5.91 Å². The molecule has 2 aliphatic heterocycles. The van der Waals surface area contributed by atoms with Crippen molar-refractivity contribution in [2.75, 3.05) is 36.5 Å². The number of anilines is 2. The summed E-state index contributed by atoms with van der Waals surface area (Å²) in [5.41, 5.74) is 9.51. The SMILES string of the molecule is Cc1nc(C(=O)N2CC(=O)N(C)c3ccccc3C2)nc(N2CC[C@@H](N)C2)c1C. The van der Waals surface area contributed by atoms with Gasteiger partial charge in [0.1, 0.15) is 12.4 Å². The summed E-state index contributed by atoms with van der Waals surface area (Å²) < 4.78 is 0. The Morgan fingerprint density at radius 2 is 1.93 bits per heavy atom. The molecule has 0 aliphatic carbocycles. The van der Waals surface area contributed by atoms with Crippen molar-refractivity contribution in [3.8, 4) is 0 Å². The number of benzene rings is 1. The zero-order chi connectivity index (χ0) is 20.7. The predicted octanol–water partition coefficient (Wildman–Crippen LogP) is 1.25. The van der Waals surface area contributed by atoms with Crippen LogP contribution in [-0.2, 0) is 11.3 Å². The Balaban J connectivity index is 1.68. The molecule has 29 heavy (non-hydrogen) atoms. The van der Waals surface area contributed by atoms with Gasteiger partial charge in [0, 0.05) is 49.7 Å². The molecule has 0 spiro atoms. The van der Waals surface area contributed by atoms with Crippen LogP contribution in [0.1, 0.15) is 33.9 Å². The molecule has 0 radical (unpaired) electrons. The van der Waals surface area contributed by atoms with Crippen molar-refractivity contribution in [2.45, 2.75) is 32.9 Å². The number of hydrogen-bond donors (Lipinski definition) is 1. The average Bonchev–Trinajstić information content (AvgIpc) is 3.09. The van der Waals surface area contributed by atoms with E-state index < -0.39 is 0 Å². The second kappa shape index (κ2) is 7.44. The highest BCUT2D eigenvalue weighted by atomic mass is 16.2. The van der Waals surface area contributed by atoms with Crippen molar-refractivity contribution in [2.24, 2.45) is 5.73 Å². The highest BCUT2D eigenvalue weighted by molar-refractivity contribution is 6.00. The quantitative estimate of drug-likeness (QED) is 0.824. The summed E-state index contributed by atoms with van der Waals surface area (Å²) in [7, 11) is 1.73. The second-order valence-corrected chi connectivity index (χ2v) is 7.82. The van der Waals surface area contributed by atoms with Crippen LogP contribution in [0.3, 0.4) is 0 Å². The van der Waals surface area contributed by atoms with Gasteiger partial charge in [0.2, 0.25) is 11.7 Å². The van der Waals surface area contributed by atoms with E-state index in [2.05, 4.69) is 14.9 Å². The zero-order valence-corrected chi connectivity index (χ0v) is 17.1. The number of fused-ring (bicyclic) bond motifs is 1. The second-order valence-electron chi connectivity index (χ2n) is 7.82. The molecule has 8 heteroatoms. The molecule has 152 valence electrons. The molecule has 2 amide bonds. The minimum atomic E-state index is -0.337. The predicted molar refractivity (Wildman–Crippen MR) is 111 cm³/mol. The molecule has 1 atom stereocenters. The smallest absolute Gasteiger partial charge is 0.292 e. The van der Waals surface area contributed by atoms with Crippen molar-refractivity contribution in [3.63, 3.8) is 0 Å². The molecule has 1 aromatic heterocycles. The number of aromatic nitrogens is 2. The van der Waals surface area contributed by atoms with Crippen molar-refractivity contribution < 1.29 is 9.59 Å². The molecule has 0 saturated carbocycles. The van der Waals surface area contributed by atoms with Gasteiger partial charge in [-0.3, -0.25) is 9.59 Å². The number of carbonyl (C=O) groups excluding carboxylic acids is 2. The van der Waals surface area contributed by atoms with Crippen molar-refractivity contribution in [3.05, 3.63) is 46.9 Å².